The van der Waals surface area contributed by atoms with Crippen LogP contribution in [0.3, 0.4) is 0 Å². The molecule has 4 heterocycles. The minimum Gasteiger partial charge on any atom is -0.343 e. The molecule has 2 saturated heterocycles. The lowest BCUT2D eigenvalue weighted by Gasteiger charge is -2.43. The molecule has 0 spiro atoms. The first-order valence-electron chi connectivity index (χ1n) is 10.2. The van der Waals surface area contributed by atoms with Crippen LogP contribution in [0.1, 0.15) is 47.0 Å². The monoisotopic (exact) mass is 348 g/mol. The molecule has 0 bridgehead atoms. The Kier molecular flexibility index (Phi) is 6.07. The predicted octanol–water partition coefficient (Wildman–Crippen LogP) is 1.93. The lowest BCUT2D eigenvalue weighted by Crippen LogP contribution is -2.54. The van der Waals surface area contributed by atoms with Crippen LogP contribution in [0.4, 0.5) is 0 Å². The molecule has 25 heavy (non-hydrogen) atoms. The molecule has 0 atom stereocenters. The Bertz CT molecular complexity index is 498. The maximum atomic E-state index is 4.62. The standard InChI is InChI=1S/C10H19N3.C9H17N3/c1-9(2)13-8-4-7-12-6-3-5-11-10(12)13;1-8(2)12-7-6-11-5-3-4-10-9(11)12/h9H,3-8H2,1-2H3;8H,3-7H2,1-2H3. The van der Waals surface area contributed by atoms with Crippen molar-refractivity contribution in [3.63, 3.8) is 0 Å². The molecule has 0 amide bonds. The van der Waals surface area contributed by atoms with Gasteiger partial charge in [0.25, 0.3) is 0 Å². The SMILES string of the molecule is CC(C)N1CCCN2CCCN=C21.CC(C)N1CCN2CCCN=C21. The van der Waals surface area contributed by atoms with Crippen molar-refractivity contribution < 1.29 is 0 Å². The number of aliphatic imine (C=N–C) groups is 2. The summed E-state index contributed by atoms with van der Waals surface area (Å²) in [6.07, 6.45) is 3.75. The molecule has 0 unspecified atom stereocenters. The topological polar surface area (TPSA) is 37.7 Å². The first-order chi connectivity index (χ1) is 12.1. The summed E-state index contributed by atoms with van der Waals surface area (Å²) in [5, 5.41) is 0. The smallest absolute Gasteiger partial charge is 0.196 e. The highest BCUT2D eigenvalue weighted by Crippen LogP contribution is 2.16. The van der Waals surface area contributed by atoms with Gasteiger partial charge in [0, 0.05) is 64.4 Å². The molecular formula is C19H36N6. The van der Waals surface area contributed by atoms with Crippen molar-refractivity contribution in [3.8, 4) is 0 Å². The molecule has 0 aromatic heterocycles. The van der Waals surface area contributed by atoms with Gasteiger partial charge in [-0.1, -0.05) is 0 Å². The van der Waals surface area contributed by atoms with Gasteiger partial charge in [-0.2, -0.15) is 0 Å². The van der Waals surface area contributed by atoms with Gasteiger partial charge in [0.15, 0.2) is 11.9 Å². The molecule has 2 fully saturated rings. The highest BCUT2D eigenvalue weighted by Gasteiger charge is 2.29. The molecule has 0 aromatic carbocycles. The van der Waals surface area contributed by atoms with Gasteiger partial charge in [0.1, 0.15) is 0 Å². The molecule has 0 aliphatic carbocycles. The van der Waals surface area contributed by atoms with Gasteiger partial charge in [-0.3, -0.25) is 9.98 Å². The van der Waals surface area contributed by atoms with Crippen LogP contribution in [0.2, 0.25) is 0 Å². The van der Waals surface area contributed by atoms with E-state index in [1.54, 1.807) is 0 Å². The maximum Gasteiger partial charge on any atom is 0.196 e. The molecule has 0 N–H and O–H groups in total. The van der Waals surface area contributed by atoms with Crippen molar-refractivity contribution in [2.75, 3.05) is 52.4 Å². The Morgan fingerprint density at radius 1 is 0.600 bits per heavy atom. The normalized spacial score (nSPS) is 23.1. The Hall–Kier alpha value is -1.46. The largest absolute Gasteiger partial charge is 0.343 e. The van der Waals surface area contributed by atoms with E-state index in [1.165, 1.54) is 63.9 Å². The number of rotatable bonds is 2. The van der Waals surface area contributed by atoms with Gasteiger partial charge in [0.2, 0.25) is 0 Å². The van der Waals surface area contributed by atoms with Crippen LogP contribution in [-0.2, 0) is 0 Å². The number of fused-ring (bicyclic) bond motifs is 2. The third-order valence-electron chi connectivity index (χ3n) is 5.44. The van der Waals surface area contributed by atoms with Crippen LogP contribution in [0.5, 0.6) is 0 Å². The summed E-state index contributed by atoms with van der Waals surface area (Å²) in [6.45, 7) is 18.2. The average Bonchev–Trinajstić information content (AvgIpc) is 3.06. The van der Waals surface area contributed by atoms with E-state index in [-0.39, 0.29) is 0 Å². The van der Waals surface area contributed by atoms with Crippen LogP contribution in [0.15, 0.2) is 9.98 Å². The fraction of sp³-hybridized carbons (Fsp3) is 0.895. The van der Waals surface area contributed by atoms with E-state index in [2.05, 4.69) is 57.3 Å². The van der Waals surface area contributed by atoms with E-state index in [1.807, 2.05) is 0 Å². The molecule has 4 aliphatic heterocycles. The summed E-state index contributed by atoms with van der Waals surface area (Å²) in [7, 11) is 0. The van der Waals surface area contributed by atoms with Gasteiger partial charge in [-0.05, 0) is 47.0 Å². The van der Waals surface area contributed by atoms with Crippen LogP contribution in [0.25, 0.3) is 0 Å². The minimum absolute atomic E-state index is 0.597. The zero-order valence-electron chi connectivity index (χ0n) is 16.6. The summed E-state index contributed by atoms with van der Waals surface area (Å²) in [5.41, 5.74) is 0. The highest BCUT2D eigenvalue weighted by molar-refractivity contribution is 5.83. The molecule has 6 nitrogen and oxygen atoms in total. The van der Waals surface area contributed by atoms with Crippen molar-refractivity contribution in [2.24, 2.45) is 9.98 Å². The quantitative estimate of drug-likeness (QED) is 0.764. The molecule has 4 rings (SSSR count). The van der Waals surface area contributed by atoms with E-state index < -0.39 is 0 Å². The number of hydrogen-bond acceptors (Lipinski definition) is 6. The van der Waals surface area contributed by atoms with E-state index in [0.29, 0.717) is 12.1 Å². The zero-order chi connectivity index (χ0) is 17.8. The second-order valence-corrected chi connectivity index (χ2v) is 7.97. The first-order valence-corrected chi connectivity index (χ1v) is 10.2. The molecule has 6 heteroatoms. The van der Waals surface area contributed by atoms with Gasteiger partial charge in [-0.25, -0.2) is 0 Å². The first kappa shape index (κ1) is 18.3. The molecular weight excluding hydrogens is 312 g/mol. The Labute approximate surface area is 153 Å². The Balaban J connectivity index is 0.000000146. The Morgan fingerprint density at radius 3 is 1.64 bits per heavy atom. The van der Waals surface area contributed by atoms with Crippen molar-refractivity contribution >= 4 is 11.9 Å². The van der Waals surface area contributed by atoms with E-state index in [9.17, 15) is 0 Å². The minimum atomic E-state index is 0.597. The summed E-state index contributed by atoms with van der Waals surface area (Å²) < 4.78 is 0. The molecule has 0 saturated carbocycles. The van der Waals surface area contributed by atoms with Crippen LogP contribution >= 0.6 is 0 Å². The third-order valence-corrected chi connectivity index (χ3v) is 5.44. The maximum absolute atomic E-state index is 4.62. The van der Waals surface area contributed by atoms with Gasteiger partial charge < -0.3 is 19.6 Å². The lowest BCUT2D eigenvalue weighted by molar-refractivity contribution is 0.216. The lowest BCUT2D eigenvalue weighted by atomic mass is 10.2. The fourth-order valence-corrected chi connectivity index (χ4v) is 4.09. The average molecular weight is 349 g/mol. The Morgan fingerprint density at radius 2 is 1.08 bits per heavy atom. The van der Waals surface area contributed by atoms with Crippen molar-refractivity contribution in [1.29, 1.82) is 0 Å². The molecule has 0 aromatic rings. The highest BCUT2D eigenvalue weighted by atomic mass is 15.4. The second-order valence-electron chi connectivity index (χ2n) is 7.97. The number of nitrogens with zero attached hydrogens (tertiary/aromatic N) is 6. The molecule has 4 aliphatic rings. The molecule has 142 valence electrons. The summed E-state index contributed by atoms with van der Waals surface area (Å²) in [5.74, 6) is 2.50. The van der Waals surface area contributed by atoms with Crippen molar-refractivity contribution in [1.82, 2.24) is 19.6 Å². The van der Waals surface area contributed by atoms with E-state index in [4.69, 9.17) is 0 Å². The van der Waals surface area contributed by atoms with Crippen LogP contribution in [-0.4, -0.2) is 96.0 Å². The summed E-state index contributed by atoms with van der Waals surface area (Å²) in [4.78, 5) is 18.9. The zero-order valence-corrected chi connectivity index (χ0v) is 16.6. The predicted molar refractivity (Wildman–Crippen MR) is 105 cm³/mol. The van der Waals surface area contributed by atoms with Gasteiger partial charge >= 0.3 is 0 Å². The second kappa shape index (κ2) is 8.28. The number of hydrogen-bond donors (Lipinski definition) is 0. The van der Waals surface area contributed by atoms with Crippen molar-refractivity contribution in [2.45, 2.75) is 59.0 Å². The van der Waals surface area contributed by atoms with Crippen LogP contribution in [0, 0.1) is 0 Å². The fourth-order valence-electron chi connectivity index (χ4n) is 4.09. The van der Waals surface area contributed by atoms with E-state index >= 15 is 0 Å². The summed E-state index contributed by atoms with van der Waals surface area (Å²) >= 11 is 0. The summed E-state index contributed by atoms with van der Waals surface area (Å²) in [6, 6.07) is 1.20. The number of guanidine groups is 2. The van der Waals surface area contributed by atoms with Crippen LogP contribution < -0.4 is 0 Å². The van der Waals surface area contributed by atoms with Gasteiger partial charge in [0.05, 0.1) is 0 Å². The third kappa shape index (κ3) is 4.21. The van der Waals surface area contributed by atoms with Crippen molar-refractivity contribution in [3.05, 3.63) is 0 Å². The molecule has 0 radical (unpaired) electrons. The van der Waals surface area contributed by atoms with E-state index in [0.717, 1.165) is 19.6 Å². The van der Waals surface area contributed by atoms with Gasteiger partial charge in [-0.15, -0.1) is 0 Å².